The van der Waals surface area contributed by atoms with Crippen molar-refractivity contribution in [1.29, 1.82) is 0 Å². The van der Waals surface area contributed by atoms with Gasteiger partial charge in [0, 0.05) is 23.5 Å². The van der Waals surface area contributed by atoms with E-state index in [1.165, 1.54) is 54.6 Å². The van der Waals surface area contributed by atoms with Gasteiger partial charge >= 0.3 is 0 Å². The molecule has 4 heteroatoms. The van der Waals surface area contributed by atoms with Crippen LogP contribution in [0.15, 0.2) is 6.07 Å². The van der Waals surface area contributed by atoms with Crippen LogP contribution in [0, 0.1) is 8.80 Å². The predicted molar refractivity (Wildman–Crippen MR) is 88.8 cm³/mol. The summed E-state index contributed by atoms with van der Waals surface area (Å²) in [5.74, 6) is 0.938. The molecule has 2 atom stereocenters. The minimum Gasteiger partial charge on any atom is -0.306 e. The molecular weight excluding hydrogens is 367 g/mol. The standard InChI is InChI=1S/C15H21IN2S/c16-15-8-11-12(2-1-3-14(11)19-15)17-13-9-18-6-4-10(13)5-7-18/h8,10,12-13,17H,1-7,9H2. The summed E-state index contributed by atoms with van der Waals surface area (Å²) in [6.45, 7) is 3.97. The van der Waals surface area contributed by atoms with Crippen LogP contribution in [0.5, 0.6) is 0 Å². The van der Waals surface area contributed by atoms with Crippen LogP contribution in [0.25, 0.3) is 0 Å². The lowest BCUT2D eigenvalue weighted by Crippen LogP contribution is -2.56. The topological polar surface area (TPSA) is 15.3 Å². The van der Waals surface area contributed by atoms with E-state index >= 15 is 0 Å². The number of nitrogens with one attached hydrogen (secondary N) is 1. The lowest BCUT2D eigenvalue weighted by molar-refractivity contribution is 0.0657. The average molecular weight is 388 g/mol. The lowest BCUT2D eigenvalue weighted by Gasteiger charge is -2.46. The monoisotopic (exact) mass is 388 g/mol. The third kappa shape index (κ3) is 2.49. The molecule has 0 spiro atoms. The van der Waals surface area contributed by atoms with Gasteiger partial charge in [-0.05, 0) is 85.3 Å². The van der Waals surface area contributed by atoms with Crippen molar-refractivity contribution in [3.8, 4) is 0 Å². The van der Waals surface area contributed by atoms with Gasteiger partial charge in [-0.2, -0.15) is 0 Å². The maximum atomic E-state index is 4.02. The van der Waals surface area contributed by atoms with E-state index in [4.69, 9.17) is 0 Å². The molecule has 0 amide bonds. The first-order chi connectivity index (χ1) is 9.29. The van der Waals surface area contributed by atoms with E-state index in [1.54, 1.807) is 10.4 Å². The fourth-order valence-corrected chi connectivity index (χ4v) is 6.23. The summed E-state index contributed by atoms with van der Waals surface area (Å²) >= 11 is 4.49. The van der Waals surface area contributed by atoms with Gasteiger partial charge in [0.2, 0.25) is 0 Å². The van der Waals surface area contributed by atoms with E-state index in [0.29, 0.717) is 6.04 Å². The third-order valence-corrected chi connectivity index (χ3v) is 7.13. The van der Waals surface area contributed by atoms with Crippen molar-refractivity contribution in [1.82, 2.24) is 10.2 Å². The van der Waals surface area contributed by atoms with Crippen molar-refractivity contribution in [3.63, 3.8) is 0 Å². The maximum Gasteiger partial charge on any atom is 0.0659 e. The van der Waals surface area contributed by atoms with Crippen molar-refractivity contribution in [3.05, 3.63) is 19.4 Å². The minimum absolute atomic E-state index is 0.633. The highest BCUT2D eigenvalue weighted by molar-refractivity contribution is 14.1. The SMILES string of the molecule is Ic1cc2c(s1)CCCC2NC1CN2CCC1CC2. The molecule has 4 heterocycles. The largest absolute Gasteiger partial charge is 0.306 e. The molecule has 1 aromatic heterocycles. The molecule has 104 valence electrons. The second-order valence-electron chi connectivity index (χ2n) is 6.29. The van der Waals surface area contributed by atoms with Crippen LogP contribution in [-0.2, 0) is 6.42 Å². The van der Waals surface area contributed by atoms with Crippen molar-refractivity contribution < 1.29 is 0 Å². The van der Waals surface area contributed by atoms with E-state index in [9.17, 15) is 0 Å². The van der Waals surface area contributed by atoms with Crippen molar-refractivity contribution >= 4 is 33.9 Å². The Morgan fingerprint density at radius 1 is 1.26 bits per heavy atom. The van der Waals surface area contributed by atoms with Crippen LogP contribution in [0.3, 0.4) is 0 Å². The molecule has 3 saturated heterocycles. The molecule has 4 aliphatic rings. The van der Waals surface area contributed by atoms with Crippen LogP contribution >= 0.6 is 33.9 Å². The van der Waals surface area contributed by atoms with E-state index in [1.807, 2.05) is 11.3 Å². The highest BCUT2D eigenvalue weighted by atomic mass is 127. The molecule has 5 rings (SSSR count). The molecule has 1 aliphatic carbocycles. The number of nitrogens with zero attached hydrogens (tertiary/aromatic N) is 1. The van der Waals surface area contributed by atoms with Crippen LogP contribution in [0.2, 0.25) is 0 Å². The number of piperidine rings is 3. The van der Waals surface area contributed by atoms with E-state index in [-0.39, 0.29) is 0 Å². The number of thiophene rings is 1. The van der Waals surface area contributed by atoms with E-state index in [0.717, 1.165) is 12.0 Å². The molecule has 2 unspecified atom stereocenters. The van der Waals surface area contributed by atoms with Crippen LogP contribution in [-0.4, -0.2) is 30.6 Å². The molecule has 0 radical (unpaired) electrons. The van der Waals surface area contributed by atoms with Crippen molar-refractivity contribution in [2.45, 2.75) is 44.2 Å². The Morgan fingerprint density at radius 2 is 2.11 bits per heavy atom. The zero-order chi connectivity index (χ0) is 12.8. The number of rotatable bonds is 2. The number of aryl methyl sites for hydroxylation is 1. The third-order valence-electron chi connectivity index (χ3n) is 5.16. The molecule has 0 aromatic carbocycles. The molecule has 1 N–H and O–H groups in total. The highest BCUT2D eigenvalue weighted by Crippen LogP contribution is 2.38. The Morgan fingerprint density at radius 3 is 2.84 bits per heavy atom. The summed E-state index contributed by atoms with van der Waals surface area (Å²) in [6, 6.07) is 3.81. The summed E-state index contributed by atoms with van der Waals surface area (Å²) in [4.78, 5) is 4.30. The average Bonchev–Trinajstić information content (AvgIpc) is 2.82. The van der Waals surface area contributed by atoms with Gasteiger partial charge < -0.3 is 10.2 Å². The first-order valence-corrected chi connectivity index (χ1v) is 9.45. The highest BCUT2D eigenvalue weighted by Gasteiger charge is 2.36. The Balaban J connectivity index is 1.51. The van der Waals surface area contributed by atoms with Gasteiger partial charge in [-0.1, -0.05) is 0 Å². The van der Waals surface area contributed by atoms with Crippen molar-refractivity contribution in [2.24, 2.45) is 5.92 Å². The first-order valence-electron chi connectivity index (χ1n) is 7.56. The molecule has 0 saturated carbocycles. The number of hydrogen-bond acceptors (Lipinski definition) is 3. The van der Waals surface area contributed by atoms with Gasteiger partial charge in [0.25, 0.3) is 0 Å². The van der Waals surface area contributed by atoms with Crippen molar-refractivity contribution in [2.75, 3.05) is 19.6 Å². The maximum absolute atomic E-state index is 4.02. The van der Waals surface area contributed by atoms with Crippen LogP contribution in [0.4, 0.5) is 0 Å². The summed E-state index contributed by atoms with van der Waals surface area (Å²) < 4.78 is 1.46. The van der Waals surface area contributed by atoms with Gasteiger partial charge in [-0.25, -0.2) is 0 Å². The fourth-order valence-electron chi connectivity index (χ4n) is 4.11. The number of hydrogen-bond donors (Lipinski definition) is 1. The molecule has 19 heavy (non-hydrogen) atoms. The zero-order valence-corrected chi connectivity index (χ0v) is 14.2. The first kappa shape index (κ1) is 13.0. The number of halogens is 1. The molecule has 3 aliphatic heterocycles. The molecule has 2 nitrogen and oxygen atoms in total. The van der Waals surface area contributed by atoms with Gasteiger partial charge in [0.1, 0.15) is 0 Å². The van der Waals surface area contributed by atoms with Gasteiger partial charge in [0.15, 0.2) is 0 Å². The Bertz CT molecular complexity index is 465. The second-order valence-corrected chi connectivity index (χ2v) is 9.32. The molecular formula is C15H21IN2S. The van der Waals surface area contributed by atoms with E-state index < -0.39 is 0 Å². The fraction of sp³-hybridized carbons (Fsp3) is 0.733. The molecule has 2 bridgehead atoms. The summed E-state index contributed by atoms with van der Waals surface area (Å²) in [6.07, 6.45) is 6.84. The van der Waals surface area contributed by atoms with E-state index in [2.05, 4.69) is 38.9 Å². The summed E-state index contributed by atoms with van der Waals surface area (Å²) in [5.41, 5.74) is 1.62. The summed E-state index contributed by atoms with van der Waals surface area (Å²) in [5, 5.41) is 4.02. The Hall–Kier alpha value is 0.350. The molecule has 3 fully saturated rings. The quantitative estimate of drug-likeness (QED) is 0.782. The smallest absolute Gasteiger partial charge is 0.0659 e. The van der Waals surface area contributed by atoms with Crippen LogP contribution < -0.4 is 5.32 Å². The number of fused-ring (bicyclic) bond motifs is 4. The molecule has 1 aromatic rings. The second kappa shape index (κ2) is 5.28. The Kier molecular flexibility index (Phi) is 3.62. The predicted octanol–water partition coefficient (Wildman–Crippen LogP) is 3.41. The summed E-state index contributed by atoms with van der Waals surface area (Å²) in [7, 11) is 0. The van der Waals surface area contributed by atoms with Gasteiger partial charge in [-0.3, -0.25) is 0 Å². The van der Waals surface area contributed by atoms with Gasteiger partial charge in [0.05, 0.1) is 2.88 Å². The minimum atomic E-state index is 0.633. The normalized spacial score (nSPS) is 37.3. The van der Waals surface area contributed by atoms with Crippen LogP contribution in [0.1, 0.15) is 42.2 Å². The van der Waals surface area contributed by atoms with Gasteiger partial charge in [-0.15, -0.1) is 11.3 Å². The zero-order valence-electron chi connectivity index (χ0n) is 11.2. The Labute approximate surface area is 133 Å². The lowest BCUT2D eigenvalue weighted by atomic mass is 9.82.